The van der Waals surface area contributed by atoms with Gasteiger partial charge in [-0.3, -0.25) is 4.79 Å². The summed E-state index contributed by atoms with van der Waals surface area (Å²) in [7, 11) is 0. The van der Waals surface area contributed by atoms with E-state index in [1.54, 1.807) is 0 Å². The molecule has 0 atom stereocenters. The summed E-state index contributed by atoms with van der Waals surface area (Å²) in [5.41, 5.74) is -0.268. The van der Waals surface area contributed by atoms with Gasteiger partial charge in [0.25, 0.3) is 11.7 Å². The SMILES string of the molecule is Cc1c(C(F)F)cc(Br)nc1C(=O)Cl. The first-order valence-electron chi connectivity index (χ1n) is 3.58. The number of carbonyl (C=O) groups excluding carboxylic acids is 1. The Kier molecular flexibility index (Phi) is 3.55. The lowest BCUT2D eigenvalue weighted by atomic mass is 10.1. The zero-order chi connectivity index (χ0) is 10.9. The number of alkyl halides is 2. The zero-order valence-corrected chi connectivity index (χ0v) is 9.36. The molecule has 0 spiro atoms. The zero-order valence-electron chi connectivity index (χ0n) is 7.02. The highest BCUT2D eigenvalue weighted by Gasteiger charge is 2.18. The summed E-state index contributed by atoms with van der Waals surface area (Å²) >= 11 is 8.12. The minimum Gasteiger partial charge on any atom is -0.274 e. The van der Waals surface area contributed by atoms with Crippen molar-refractivity contribution in [1.82, 2.24) is 4.98 Å². The summed E-state index contributed by atoms with van der Waals surface area (Å²) in [6.07, 6.45) is -2.65. The molecule has 0 amide bonds. The van der Waals surface area contributed by atoms with Crippen LogP contribution in [0.15, 0.2) is 10.7 Å². The van der Waals surface area contributed by atoms with Crippen molar-refractivity contribution in [3.63, 3.8) is 0 Å². The highest BCUT2D eigenvalue weighted by molar-refractivity contribution is 9.10. The number of nitrogens with zero attached hydrogens (tertiary/aromatic N) is 1. The van der Waals surface area contributed by atoms with Crippen molar-refractivity contribution in [1.29, 1.82) is 0 Å². The molecule has 2 nitrogen and oxygen atoms in total. The molecule has 0 saturated heterocycles. The maximum absolute atomic E-state index is 12.4. The Labute approximate surface area is 92.4 Å². The topological polar surface area (TPSA) is 30.0 Å². The number of hydrogen-bond acceptors (Lipinski definition) is 2. The van der Waals surface area contributed by atoms with E-state index in [9.17, 15) is 13.6 Å². The minimum absolute atomic E-state index is 0.114. The van der Waals surface area contributed by atoms with Crippen LogP contribution in [-0.4, -0.2) is 10.2 Å². The van der Waals surface area contributed by atoms with E-state index in [2.05, 4.69) is 20.9 Å². The average molecular weight is 284 g/mol. The Balaban J connectivity index is 3.40. The van der Waals surface area contributed by atoms with Crippen molar-refractivity contribution < 1.29 is 13.6 Å². The molecule has 6 heteroatoms. The van der Waals surface area contributed by atoms with Crippen molar-refractivity contribution in [3.05, 3.63) is 27.5 Å². The molecule has 1 aromatic heterocycles. The van der Waals surface area contributed by atoms with Crippen LogP contribution in [0.2, 0.25) is 0 Å². The van der Waals surface area contributed by atoms with Gasteiger partial charge >= 0.3 is 0 Å². The van der Waals surface area contributed by atoms with Gasteiger partial charge < -0.3 is 0 Å². The third-order valence-corrected chi connectivity index (χ3v) is 2.29. The van der Waals surface area contributed by atoms with Gasteiger partial charge in [0.1, 0.15) is 10.3 Å². The van der Waals surface area contributed by atoms with E-state index in [-0.39, 0.29) is 21.4 Å². The number of aromatic nitrogens is 1. The number of pyridine rings is 1. The van der Waals surface area contributed by atoms with Crippen molar-refractivity contribution in [3.8, 4) is 0 Å². The highest BCUT2D eigenvalue weighted by atomic mass is 79.9. The van der Waals surface area contributed by atoms with Gasteiger partial charge in [-0.25, -0.2) is 13.8 Å². The number of hydrogen-bond donors (Lipinski definition) is 0. The molecule has 14 heavy (non-hydrogen) atoms. The summed E-state index contributed by atoms with van der Waals surface area (Å²) in [5, 5.41) is -0.842. The molecule has 0 bridgehead atoms. The molecule has 76 valence electrons. The number of halogens is 4. The summed E-state index contributed by atoms with van der Waals surface area (Å²) in [5.74, 6) is 0. The molecule has 0 fully saturated rings. The second-order valence-electron chi connectivity index (χ2n) is 2.58. The quantitative estimate of drug-likeness (QED) is 0.615. The normalized spacial score (nSPS) is 10.7. The maximum Gasteiger partial charge on any atom is 0.271 e. The Hall–Kier alpha value is -0.550. The van der Waals surface area contributed by atoms with Crippen molar-refractivity contribution >= 4 is 32.8 Å². The Bertz CT molecular complexity index is 384. The lowest BCUT2D eigenvalue weighted by molar-refractivity contribution is 0.107. The third-order valence-electron chi connectivity index (χ3n) is 1.70. The third kappa shape index (κ3) is 2.27. The van der Waals surface area contributed by atoms with E-state index in [0.29, 0.717) is 0 Å². The van der Waals surface area contributed by atoms with Crippen LogP contribution in [0.5, 0.6) is 0 Å². The van der Waals surface area contributed by atoms with Crippen LogP contribution in [0.25, 0.3) is 0 Å². The molecule has 1 rings (SSSR count). The lowest BCUT2D eigenvalue weighted by Gasteiger charge is -2.07. The van der Waals surface area contributed by atoms with Gasteiger partial charge in [-0.15, -0.1) is 0 Å². The molecular formula is C8H5BrClF2NO. The van der Waals surface area contributed by atoms with Gasteiger partial charge in [0.05, 0.1) is 0 Å². The van der Waals surface area contributed by atoms with E-state index >= 15 is 0 Å². The fourth-order valence-corrected chi connectivity index (χ4v) is 1.62. The number of carbonyl (C=O) groups is 1. The monoisotopic (exact) mass is 283 g/mol. The second kappa shape index (κ2) is 4.31. The fourth-order valence-electron chi connectivity index (χ4n) is 1.01. The fraction of sp³-hybridized carbons (Fsp3) is 0.250. The first-order valence-corrected chi connectivity index (χ1v) is 4.75. The largest absolute Gasteiger partial charge is 0.274 e. The first kappa shape index (κ1) is 11.5. The molecule has 1 heterocycles. The van der Waals surface area contributed by atoms with Crippen LogP contribution in [0.4, 0.5) is 8.78 Å². The van der Waals surface area contributed by atoms with Gasteiger partial charge in [0.2, 0.25) is 0 Å². The van der Waals surface area contributed by atoms with Gasteiger partial charge in [-0.2, -0.15) is 0 Å². The second-order valence-corrected chi connectivity index (χ2v) is 3.74. The smallest absolute Gasteiger partial charge is 0.271 e. The van der Waals surface area contributed by atoms with Crippen molar-refractivity contribution in [2.75, 3.05) is 0 Å². The molecule has 1 aromatic rings. The molecule has 0 saturated carbocycles. The Morgan fingerprint density at radius 2 is 2.21 bits per heavy atom. The summed E-state index contributed by atoms with van der Waals surface area (Å²) in [4.78, 5) is 14.5. The summed E-state index contributed by atoms with van der Waals surface area (Å²) in [6.45, 7) is 1.39. The van der Waals surface area contributed by atoms with Crippen LogP contribution in [0.1, 0.15) is 28.0 Å². The van der Waals surface area contributed by atoms with Crippen LogP contribution in [-0.2, 0) is 0 Å². The van der Waals surface area contributed by atoms with Crippen molar-refractivity contribution in [2.45, 2.75) is 13.3 Å². The standard InChI is InChI=1S/C8H5BrClF2NO/c1-3-4(8(11)12)2-5(9)13-6(3)7(10)14/h2,8H,1H3. The van der Waals surface area contributed by atoms with Crippen LogP contribution < -0.4 is 0 Å². The van der Waals surface area contributed by atoms with Crippen LogP contribution >= 0.6 is 27.5 Å². The van der Waals surface area contributed by atoms with E-state index in [0.717, 1.165) is 0 Å². The first-order chi connectivity index (χ1) is 6.43. The van der Waals surface area contributed by atoms with Crippen molar-refractivity contribution in [2.24, 2.45) is 0 Å². The van der Waals surface area contributed by atoms with Crippen LogP contribution in [0.3, 0.4) is 0 Å². The molecule has 0 aliphatic carbocycles. The van der Waals surface area contributed by atoms with Gasteiger partial charge in [0.15, 0.2) is 0 Å². The maximum atomic E-state index is 12.4. The van der Waals surface area contributed by atoms with E-state index < -0.39 is 11.7 Å². The molecule has 0 unspecified atom stereocenters. The number of rotatable bonds is 2. The Morgan fingerprint density at radius 3 is 2.64 bits per heavy atom. The summed E-state index contributed by atoms with van der Waals surface area (Å²) < 4.78 is 25.1. The van der Waals surface area contributed by atoms with Gasteiger partial charge in [-0.1, -0.05) is 0 Å². The van der Waals surface area contributed by atoms with E-state index in [4.69, 9.17) is 11.6 Å². The van der Waals surface area contributed by atoms with Gasteiger partial charge in [-0.05, 0) is 46.1 Å². The van der Waals surface area contributed by atoms with E-state index in [1.807, 2.05) is 0 Å². The molecule has 0 aliphatic rings. The predicted molar refractivity (Wildman–Crippen MR) is 51.8 cm³/mol. The molecule has 0 aliphatic heterocycles. The summed E-state index contributed by atoms with van der Waals surface area (Å²) in [6, 6.07) is 1.17. The van der Waals surface area contributed by atoms with Gasteiger partial charge in [0, 0.05) is 5.56 Å². The van der Waals surface area contributed by atoms with E-state index in [1.165, 1.54) is 13.0 Å². The van der Waals surface area contributed by atoms with Crippen LogP contribution in [0, 0.1) is 6.92 Å². The molecule has 0 N–H and O–H groups in total. The molecule has 0 aromatic carbocycles. The molecular weight excluding hydrogens is 279 g/mol. The molecule has 0 radical (unpaired) electrons. The lowest BCUT2D eigenvalue weighted by Crippen LogP contribution is -2.03. The average Bonchev–Trinajstić information content (AvgIpc) is 2.07. The Morgan fingerprint density at radius 1 is 1.64 bits per heavy atom. The minimum atomic E-state index is -2.65. The predicted octanol–water partition coefficient (Wildman–Crippen LogP) is 3.47. The highest BCUT2D eigenvalue weighted by Crippen LogP contribution is 2.27.